The second-order valence-corrected chi connectivity index (χ2v) is 6.25. The van der Waals surface area contributed by atoms with Gasteiger partial charge < -0.3 is 14.9 Å². The van der Waals surface area contributed by atoms with Crippen molar-refractivity contribution in [1.29, 1.82) is 0 Å². The van der Waals surface area contributed by atoms with E-state index in [1.165, 1.54) is 12.1 Å². The van der Waals surface area contributed by atoms with Crippen LogP contribution < -0.4 is 9.80 Å². The van der Waals surface area contributed by atoms with E-state index in [0.717, 1.165) is 49.5 Å². The number of nitro benzene ring substituents is 1. The molecule has 0 spiro atoms. The SMILES string of the molecule is CCc1ccc(C(=O)O)cc1N1CCN(c2ccc([N+](=O)[O-])cc2)CC1. The van der Waals surface area contributed by atoms with Gasteiger partial charge in [0.05, 0.1) is 10.5 Å². The molecular formula is C19H21N3O4. The Labute approximate surface area is 151 Å². The van der Waals surface area contributed by atoms with Crippen molar-refractivity contribution in [2.24, 2.45) is 0 Å². The van der Waals surface area contributed by atoms with E-state index in [-0.39, 0.29) is 5.69 Å². The van der Waals surface area contributed by atoms with E-state index in [1.807, 2.05) is 6.07 Å². The largest absolute Gasteiger partial charge is 0.478 e. The summed E-state index contributed by atoms with van der Waals surface area (Å²) in [7, 11) is 0. The summed E-state index contributed by atoms with van der Waals surface area (Å²) in [5, 5.41) is 20.0. The minimum atomic E-state index is -0.918. The molecule has 0 aromatic heterocycles. The molecule has 0 radical (unpaired) electrons. The molecule has 1 heterocycles. The minimum absolute atomic E-state index is 0.0884. The normalized spacial score (nSPS) is 14.3. The van der Waals surface area contributed by atoms with Gasteiger partial charge in [0, 0.05) is 49.7 Å². The Hall–Kier alpha value is -3.09. The highest BCUT2D eigenvalue weighted by Gasteiger charge is 2.20. The highest BCUT2D eigenvalue weighted by Crippen LogP contribution is 2.26. The number of carbonyl (C=O) groups is 1. The van der Waals surface area contributed by atoms with E-state index in [2.05, 4.69) is 16.7 Å². The van der Waals surface area contributed by atoms with Crippen molar-refractivity contribution in [3.05, 3.63) is 63.7 Å². The first kappa shape index (κ1) is 17.7. The average Bonchev–Trinajstić information content (AvgIpc) is 2.67. The molecule has 0 atom stereocenters. The summed E-state index contributed by atoms with van der Waals surface area (Å²) in [4.78, 5) is 26.0. The van der Waals surface area contributed by atoms with Crippen LogP contribution in [-0.4, -0.2) is 42.2 Å². The van der Waals surface area contributed by atoms with Crippen LogP contribution in [0.2, 0.25) is 0 Å². The van der Waals surface area contributed by atoms with Crippen LogP contribution in [0.1, 0.15) is 22.8 Å². The number of non-ortho nitro benzene ring substituents is 1. The van der Waals surface area contributed by atoms with Crippen LogP contribution in [-0.2, 0) is 6.42 Å². The first-order valence-corrected chi connectivity index (χ1v) is 8.60. The molecule has 1 N–H and O–H groups in total. The van der Waals surface area contributed by atoms with Crippen molar-refractivity contribution < 1.29 is 14.8 Å². The molecule has 2 aromatic rings. The number of nitrogens with zero attached hydrogens (tertiary/aromatic N) is 3. The van der Waals surface area contributed by atoms with Gasteiger partial charge in [0.1, 0.15) is 0 Å². The van der Waals surface area contributed by atoms with Crippen LogP contribution in [0, 0.1) is 10.1 Å². The van der Waals surface area contributed by atoms with E-state index < -0.39 is 10.9 Å². The van der Waals surface area contributed by atoms with Gasteiger partial charge in [-0.05, 0) is 36.2 Å². The molecule has 0 saturated carbocycles. The monoisotopic (exact) mass is 355 g/mol. The van der Waals surface area contributed by atoms with Gasteiger partial charge in [-0.2, -0.15) is 0 Å². The lowest BCUT2D eigenvalue weighted by Crippen LogP contribution is -2.46. The lowest BCUT2D eigenvalue weighted by molar-refractivity contribution is -0.384. The standard InChI is InChI=1S/C19H21N3O4/c1-2-14-3-4-15(19(23)24)13-18(14)21-11-9-20(10-12-21)16-5-7-17(8-6-16)22(25)26/h3-8,13H,2,9-12H2,1H3,(H,23,24). The third kappa shape index (κ3) is 3.61. The Bertz CT molecular complexity index is 812. The quantitative estimate of drug-likeness (QED) is 0.655. The number of carboxylic acids is 1. The lowest BCUT2D eigenvalue weighted by atomic mass is 10.0. The average molecular weight is 355 g/mol. The molecule has 2 aromatic carbocycles. The van der Waals surface area contributed by atoms with Crippen LogP contribution in [0.25, 0.3) is 0 Å². The Kier molecular flexibility index (Phi) is 5.06. The first-order chi connectivity index (χ1) is 12.5. The Morgan fingerprint density at radius 1 is 1.08 bits per heavy atom. The van der Waals surface area contributed by atoms with Gasteiger partial charge >= 0.3 is 5.97 Å². The third-order valence-corrected chi connectivity index (χ3v) is 4.76. The summed E-state index contributed by atoms with van der Waals surface area (Å²) in [6.45, 7) is 5.16. The number of anilines is 2. The maximum absolute atomic E-state index is 11.3. The lowest BCUT2D eigenvalue weighted by Gasteiger charge is -2.38. The summed E-state index contributed by atoms with van der Waals surface area (Å²) in [5.41, 5.74) is 3.47. The summed E-state index contributed by atoms with van der Waals surface area (Å²) in [6, 6.07) is 11.9. The molecule has 0 bridgehead atoms. The maximum atomic E-state index is 11.3. The number of benzene rings is 2. The van der Waals surface area contributed by atoms with Gasteiger partial charge in [-0.3, -0.25) is 10.1 Å². The predicted molar refractivity (Wildman–Crippen MR) is 100 cm³/mol. The highest BCUT2D eigenvalue weighted by molar-refractivity contribution is 5.89. The number of carboxylic acid groups (broad SMARTS) is 1. The molecule has 26 heavy (non-hydrogen) atoms. The second kappa shape index (κ2) is 7.43. The molecule has 3 rings (SSSR count). The van der Waals surface area contributed by atoms with Crippen molar-refractivity contribution in [2.75, 3.05) is 36.0 Å². The van der Waals surface area contributed by atoms with Crippen LogP contribution in [0.5, 0.6) is 0 Å². The van der Waals surface area contributed by atoms with E-state index in [1.54, 1.807) is 24.3 Å². The molecule has 0 amide bonds. The fraction of sp³-hybridized carbons (Fsp3) is 0.316. The Morgan fingerprint density at radius 3 is 2.23 bits per heavy atom. The van der Waals surface area contributed by atoms with E-state index in [0.29, 0.717) is 5.56 Å². The Balaban J connectivity index is 1.73. The van der Waals surface area contributed by atoms with E-state index in [4.69, 9.17) is 0 Å². The number of hydrogen-bond acceptors (Lipinski definition) is 5. The maximum Gasteiger partial charge on any atom is 0.335 e. The smallest absolute Gasteiger partial charge is 0.335 e. The molecule has 0 unspecified atom stereocenters. The summed E-state index contributed by atoms with van der Waals surface area (Å²) >= 11 is 0. The zero-order valence-corrected chi connectivity index (χ0v) is 14.6. The number of piperazine rings is 1. The van der Waals surface area contributed by atoms with Gasteiger partial charge in [0.25, 0.3) is 5.69 Å². The number of aryl methyl sites for hydroxylation is 1. The summed E-state index contributed by atoms with van der Waals surface area (Å²) in [5.74, 6) is -0.918. The number of aromatic carboxylic acids is 1. The van der Waals surface area contributed by atoms with E-state index in [9.17, 15) is 20.0 Å². The van der Waals surface area contributed by atoms with Gasteiger partial charge in [0.15, 0.2) is 0 Å². The molecule has 1 aliphatic rings. The van der Waals surface area contributed by atoms with E-state index >= 15 is 0 Å². The van der Waals surface area contributed by atoms with Crippen molar-refractivity contribution in [3.63, 3.8) is 0 Å². The number of nitro groups is 1. The molecular weight excluding hydrogens is 334 g/mol. The van der Waals surface area contributed by atoms with Crippen molar-refractivity contribution in [3.8, 4) is 0 Å². The van der Waals surface area contributed by atoms with Gasteiger partial charge in [0.2, 0.25) is 0 Å². The molecule has 1 saturated heterocycles. The molecule has 7 heteroatoms. The summed E-state index contributed by atoms with van der Waals surface area (Å²) < 4.78 is 0. The highest BCUT2D eigenvalue weighted by atomic mass is 16.6. The third-order valence-electron chi connectivity index (χ3n) is 4.76. The van der Waals surface area contributed by atoms with Gasteiger partial charge in [-0.25, -0.2) is 4.79 Å². The molecule has 136 valence electrons. The van der Waals surface area contributed by atoms with Crippen LogP contribution in [0.4, 0.5) is 17.1 Å². The molecule has 0 aliphatic carbocycles. The fourth-order valence-electron chi connectivity index (χ4n) is 3.28. The zero-order valence-electron chi connectivity index (χ0n) is 14.6. The first-order valence-electron chi connectivity index (χ1n) is 8.60. The minimum Gasteiger partial charge on any atom is -0.478 e. The van der Waals surface area contributed by atoms with Crippen LogP contribution >= 0.6 is 0 Å². The summed E-state index contributed by atoms with van der Waals surface area (Å²) in [6.07, 6.45) is 0.845. The zero-order chi connectivity index (χ0) is 18.7. The second-order valence-electron chi connectivity index (χ2n) is 6.25. The van der Waals surface area contributed by atoms with Crippen molar-refractivity contribution >= 4 is 23.0 Å². The fourth-order valence-corrected chi connectivity index (χ4v) is 3.28. The number of hydrogen-bond donors (Lipinski definition) is 1. The van der Waals surface area contributed by atoms with Crippen LogP contribution in [0.3, 0.4) is 0 Å². The van der Waals surface area contributed by atoms with Crippen molar-refractivity contribution in [2.45, 2.75) is 13.3 Å². The molecule has 1 aliphatic heterocycles. The van der Waals surface area contributed by atoms with Crippen LogP contribution in [0.15, 0.2) is 42.5 Å². The van der Waals surface area contributed by atoms with Crippen molar-refractivity contribution in [1.82, 2.24) is 0 Å². The van der Waals surface area contributed by atoms with Gasteiger partial charge in [-0.1, -0.05) is 13.0 Å². The molecule has 7 nitrogen and oxygen atoms in total. The topological polar surface area (TPSA) is 86.9 Å². The number of rotatable bonds is 5. The predicted octanol–water partition coefficient (Wildman–Crippen LogP) is 3.18. The Morgan fingerprint density at radius 2 is 1.69 bits per heavy atom. The van der Waals surface area contributed by atoms with Gasteiger partial charge in [-0.15, -0.1) is 0 Å². The molecule has 1 fully saturated rings.